The van der Waals surface area contributed by atoms with Gasteiger partial charge in [-0.1, -0.05) is 0 Å². The molecule has 2 aliphatic rings. The predicted octanol–water partition coefficient (Wildman–Crippen LogP) is 2.66. The Balaban J connectivity index is 1.58. The summed E-state index contributed by atoms with van der Waals surface area (Å²) in [7, 11) is 0. The number of hydrogen-bond acceptors (Lipinski definition) is 4. The first-order chi connectivity index (χ1) is 11.2. The summed E-state index contributed by atoms with van der Waals surface area (Å²) >= 11 is 0. The molecule has 5 N–H and O–H groups in total. The standard InChI is InChI=1S/C18H23N5/c19-8-11-5-14(6-11)22-9-15(18(20)12-1-2-12)16-7-13-3-4-21-17(13)10-23-16/h3-4,7,9-12,14,20-22H,1-2,5-6,8,19H2/b15-9-,20-18?. The molecule has 5 heteroatoms. The molecule has 2 fully saturated rings. The van der Waals surface area contributed by atoms with Gasteiger partial charge in [-0.2, -0.15) is 0 Å². The van der Waals surface area contributed by atoms with Crippen molar-refractivity contribution in [1.29, 1.82) is 5.41 Å². The molecule has 0 saturated heterocycles. The number of aromatic nitrogens is 2. The Hall–Kier alpha value is -2.14. The molecule has 0 atom stereocenters. The Bertz CT molecular complexity index is 750. The topological polar surface area (TPSA) is 90.6 Å². The van der Waals surface area contributed by atoms with Crippen molar-refractivity contribution in [2.45, 2.75) is 31.7 Å². The van der Waals surface area contributed by atoms with Crippen molar-refractivity contribution in [3.05, 3.63) is 36.4 Å². The molecule has 2 aliphatic carbocycles. The molecule has 0 aliphatic heterocycles. The quantitative estimate of drug-likeness (QED) is 0.618. The second-order valence-corrected chi connectivity index (χ2v) is 6.82. The summed E-state index contributed by atoms with van der Waals surface area (Å²) in [5, 5.41) is 13.1. The van der Waals surface area contributed by atoms with Gasteiger partial charge in [-0.25, -0.2) is 0 Å². The molecule has 0 aromatic carbocycles. The van der Waals surface area contributed by atoms with Gasteiger partial charge in [0.15, 0.2) is 0 Å². The van der Waals surface area contributed by atoms with Crippen molar-refractivity contribution >= 4 is 22.2 Å². The zero-order valence-corrected chi connectivity index (χ0v) is 13.2. The maximum absolute atomic E-state index is 8.49. The van der Waals surface area contributed by atoms with Crippen LogP contribution < -0.4 is 11.1 Å². The van der Waals surface area contributed by atoms with Crippen molar-refractivity contribution in [1.82, 2.24) is 15.3 Å². The van der Waals surface area contributed by atoms with Gasteiger partial charge in [0.25, 0.3) is 0 Å². The smallest absolute Gasteiger partial charge is 0.0742 e. The number of nitrogens with two attached hydrogens (primary N) is 1. The van der Waals surface area contributed by atoms with E-state index in [-0.39, 0.29) is 0 Å². The first kappa shape index (κ1) is 14.5. The van der Waals surface area contributed by atoms with Crippen molar-refractivity contribution < 1.29 is 0 Å². The highest BCUT2D eigenvalue weighted by Gasteiger charge is 2.31. The lowest BCUT2D eigenvalue weighted by molar-refractivity contribution is 0.247. The van der Waals surface area contributed by atoms with Crippen LogP contribution in [-0.2, 0) is 0 Å². The molecule has 2 saturated carbocycles. The van der Waals surface area contributed by atoms with Gasteiger partial charge < -0.3 is 21.4 Å². The van der Waals surface area contributed by atoms with Crippen molar-refractivity contribution in [3.63, 3.8) is 0 Å². The molecular weight excluding hydrogens is 286 g/mol. The molecule has 0 radical (unpaired) electrons. The molecule has 0 unspecified atom stereocenters. The molecular formula is C18H23N5. The Morgan fingerprint density at radius 2 is 2.26 bits per heavy atom. The molecule has 23 heavy (non-hydrogen) atoms. The Morgan fingerprint density at radius 1 is 1.43 bits per heavy atom. The maximum Gasteiger partial charge on any atom is 0.0742 e. The number of aromatic amines is 1. The summed E-state index contributed by atoms with van der Waals surface area (Å²) in [5.41, 5.74) is 9.26. The molecule has 2 aromatic rings. The lowest BCUT2D eigenvalue weighted by atomic mass is 9.80. The van der Waals surface area contributed by atoms with Crippen LogP contribution in [-0.4, -0.2) is 28.3 Å². The van der Waals surface area contributed by atoms with Crippen molar-refractivity contribution in [3.8, 4) is 0 Å². The van der Waals surface area contributed by atoms with E-state index in [1.165, 1.54) is 0 Å². The third-order valence-corrected chi connectivity index (χ3v) is 5.02. The summed E-state index contributed by atoms with van der Waals surface area (Å²) in [6.07, 6.45) is 10.3. The number of nitrogens with one attached hydrogen (secondary N) is 3. The average molecular weight is 309 g/mol. The molecule has 2 aromatic heterocycles. The average Bonchev–Trinajstić information content (AvgIpc) is 3.27. The second-order valence-electron chi connectivity index (χ2n) is 6.82. The molecule has 120 valence electrons. The van der Waals surface area contributed by atoms with Crippen LogP contribution in [0.1, 0.15) is 31.4 Å². The maximum atomic E-state index is 8.49. The van der Waals surface area contributed by atoms with Crippen LogP contribution in [0, 0.1) is 17.2 Å². The fourth-order valence-corrected chi connectivity index (χ4v) is 3.24. The van der Waals surface area contributed by atoms with E-state index in [0.717, 1.165) is 60.1 Å². The van der Waals surface area contributed by atoms with E-state index in [1.807, 2.05) is 24.7 Å². The summed E-state index contributed by atoms with van der Waals surface area (Å²) in [4.78, 5) is 7.73. The third-order valence-electron chi connectivity index (χ3n) is 5.02. The van der Waals surface area contributed by atoms with Crippen molar-refractivity contribution in [2.75, 3.05) is 6.54 Å². The Labute approximate surface area is 135 Å². The van der Waals surface area contributed by atoms with E-state index < -0.39 is 0 Å². The van der Waals surface area contributed by atoms with Crippen molar-refractivity contribution in [2.24, 2.45) is 17.6 Å². The number of nitrogens with zero attached hydrogens (tertiary/aromatic N) is 1. The zero-order chi connectivity index (χ0) is 15.8. The van der Waals surface area contributed by atoms with Gasteiger partial charge in [0.1, 0.15) is 0 Å². The molecule has 0 bridgehead atoms. The molecule has 4 rings (SSSR count). The summed E-state index contributed by atoms with van der Waals surface area (Å²) in [5.74, 6) is 1.06. The van der Waals surface area contributed by atoms with E-state index in [2.05, 4.69) is 21.4 Å². The highest BCUT2D eigenvalue weighted by molar-refractivity contribution is 6.23. The molecule has 2 heterocycles. The lowest BCUT2D eigenvalue weighted by Crippen LogP contribution is -2.41. The first-order valence-corrected chi connectivity index (χ1v) is 8.43. The minimum absolute atomic E-state index is 0.407. The van der Waals surface area contributed by atoms with Crippen LogP contribution in [0.3, 0.4) is 0 Å². The van der Waals surface area contributed by atoms with Gasteiger partial charge in [-0.3, -0.25) is 4.98 Å². The van der Waals surface area contributed by atoms with E-state index in [9.17, 15) is 0 Å². The first-order valence-electron chi connectivity index (χ1n) is 8.43. The lowest BCUT2D eigenvalue weighted by Gasteiger charge is -2.34. The van der Waals surface area contributed by atoms with E-state index in [0.29, 0.717) is 17.9 Å². The SMILES string of the molecule is N=C(/C(=C\NC1CC(CN)C1)c1cc2cc[nH]c2cn1)C1CC1. The summed E-state index contributed by atoms with van der Waals surface area (Å²) < 4.78 is 0. The Kier molecular flexibility index (Phi) is 3.65. The molecule has 5 nitrogen and oxygen atoms in total. The van der Waals surface area contributed by atoms with Gasteiger partial charge in [0, 0.05) is 41.0 Å². The van der Waals surface area contributed by atoms with Gasteiger partial charge in [0.2, 0.25) is 0 Å². The minimum Gasteiger partial charge on any atom is -0.388 e. The van der Waals surface area contributed by atoms with E-state index in [1.54, 1.807) is 0 Å². The second kappa shape index (κ2) is 5.81. The van der Waals surface area contributed by atoms with Crippen LogP contribution in [0.25, 0.3) is 16.5 Å². The van der Waals surface area contributed by atoms with E-state index in [4.69, 9.17) is 11.1 Å². The zero-order valence-electron chi connectivity index (χ0n) is 13.2. The number of rotatable bonds is 6. The predicted molar refractivity (Wildman–Crippen MR) is 93.2 cm³/mol. The monoisotopic (exact) mass is 309 g/mol. The fourth-order valence-electron chi connectivity index (χ4n) is 3.24. The Morgan fingerprint density at radius 3 is 3.00 bits per heavy atom. The number of allylic oxidation sites excluding steroid dienone is 1. The number of hydrogen-bond donors (Lipinski definition) is 4. The summed E-state index contributed by atoms with van der Waals surface area (Å²) in [6, 6.07) is 4.60. The minimum atomic E-state index is 0.407. The summed E-state index contributed by atoms with van der Waals surface area (Å²) in [6.45, 7) is 0.776. The van der Waals surface area contributed by atoms with Crippen LogP contribution in [0.4, 0.5) is 0 Å². The highest BCUT2D eigenvalue weighted by Crippen LogP contribution is 2.35. The van der Waals surface area contributed by atoms with Crippen LogP contribution >= 0.6 is 0 Å². The van der Waals surface area contributed by atoms with E-state index >= 15 is 0 Å². The van der Waals surface area contributed by atoms with Gasteiger partial charge in [0.05, 0.1) is 17.4 Å². The fraction of sp³-hybridized carbons (Fsp3) is 0.444. The number of pyridine rings is 1. The number of H-pyrrole nitrogens is 1. The van der Waals surface area contributed by atoms with Gasteiger partial charge in [-0.15, -0.1) is 0 Å². The van der Waals surface area contributed by atoms with Crippen LogP contribution in [0.15, 0.2) is 30.7 Å². The van der Waals surface area contributed by atoms with Gasteiger partial charge in [-0.05, 0) is 50.3 Å². The van der Waals surface area contributed by atoms with Crippen LogP contribution in [0.2, 0.25) is 0 Å². The molecule has 0 spiro atoms. The van der Waals surface area contributed by atoms with Crippen LogP contribution in [0.5, 0.6) is 0 Å². The largest absolute Gasteiger partial charge is 0.388 e. The number of fused-ring (bicyclic) bond motifs is 1. The third kappa shape index (κ3) is 2.88. The normalized spacial score (nSPS) is 24.5. The van der Waals surface area contributed by atoms with Gasteiger partial charge >= 0.3 is 0 Å². The highest BCUT2D eigenvalue weighted by atomic mass is 14.9. The molecule has 0 amide bonds.